The van der Waals surface area contributed by atoms with Gasteiger partial charge in [0, 0.05) is 30.3 Å². The van der Waals surface area contributed by atoms with Gasteiger partial charge in [0.05, 0.1) is 17.2 Å². The van der Waals surface area contributed by atoms with E-state index in [1.807, 2.05) is 0 Å². The summed E-state index contributed by atoms with van der Waals surface area (Å²) in [6.45, 7) is 0.807. The Morgan fingerprint density at radius 1 is 1.03 bits per heavy atom. The highest BCUT2D eigenvalue weighted by atomic mass is 32.2. The summed E-state index contributed by atoms with van der Waals surface area (Å²) in [5.41, 5.74) is 13.9. The molecule has 0 fully saturated rings. The van der Waals surface area contributed by atoms with Crippen LogP contribution in [0.15, 0.2) is 77.7 Å². The Bertz CT molecular complexity index is 1280. The van der Waals surface area contributed by atoms with E-state index in [1.54, 1.807) is 73.8 Å². The molecule has 34 heavy (non-hydrogen) atoms. The molecule has 0 radical (unpaired) electrons. The number of hydrogen-bond donors (Lipinski definition) is 5. The van der Waals surface area contributed by atoms with E-state index >= 15 is 0 Å². The quantitative estimate of drug-likeness (QED) is 0.127. The Balaban J connectivity index is 1.84. The Morgan fingerprint density at radius 2 is 1.74 bits per heavy atom. The lowest BCUT2D eigenvalue weighted by atomic mass is 10.0. The summed E-state index contributed by atoms with van der Waals surface area (Å²) in [5, 5.41) is 14.4. The lowest BCUT2D eigenvalue weighted by molar-refractivity contribution is 0.0941. The maximum atomic E-state index is 12.9. The molecule has 7 N–H and O–H groups in total. The maximum Gasteiger partial charge on any atom is 0.270 e. The molecule has 0 unspecified atom stereocenters. The molecule has 0 aromatic heterocycles. The second-order valence-corrected chi connectivity index (χ2v) is 8.79. The maximum absolute atomic E-state index is 12.9. The molecule has 0 spiro atoms. The first-order valence-electron chi connectivity index (χ1n) is 10.2. The SMILES string of the molecule is COCCNN(NC(=O)c1ccc(-c2ccccc2S(N)(=O)=O)cc1)c1cccc(C(=N)N)c1. The fourth-order valence-corrected chi connectivity index (χ4v) is 3.95. The van der Waals surface area contributed by atoms with Gasteiger partial charge in [0.15, 0.2) is 0 Å². The van der Waals surface area contributed by atoms with Crippen molar-refractivity contribution < 1.29 is 17.9 Å². The van der Waals surface area contributed by atoms with Crippen molar-refractivity contribution in [3.8, 4) is 11.1 Å². The Hall–Kier alpha value is -3.77. The highest BCUT2D eigenvalue weighted by molar-refractivity contribution is 7.89. The third-order valence-corrected chi connectivity index (χ3v) is 5.83. The molecule has 178 valence electrons. The average molecular weight is 483 g/mol. The number of amides is 1. The standard InChI is InChI=1S/C23H26N6O4S/c1-33-14-13-27-29(19-6-4-5-18(15-19)22(24)25)28-23(30)17-11-9-16(10-12-17)20-7-2-3-8-21(20)34(26,31)32/h2-12,15,27H,13-14H2,1H3,(H3,24,25)(H,28,30)(H2,26,31,32). The number of primary sulfonamides is 1. The molecule has 3 rings (SSSR count). The third-order valence-electron chi connectivity index (χ3n) is 4.86. The van der Waals surface area contributed by atoms with Crippen LogP contribution in [0.1, 0.15) is 15.9 Å². The van der Waals surface area contributed by atoms with Crippen LogP contribution in [-0.4, -0.2) is 40.4 Å². The number of anilines is 1. The van der Waals surface area contributed by atoms with Gasteiger partial charge < -0.3 is 10.5 Å². The predicted octanol–water partition coefficient (Wildman–Crippen LogP) is 1.59. The van der Waals surface area contributed by atoms with Crippen LogP contribution in [0, 0.1) is 5.41 Å². The minimum Gasteiger partial charge on any atom is -0.384 e. The number of nitrogens with one attached hydrogen (secondary N) is 3. The van der Waals surface area contributed by atoms with E-state index in [9.17, 15) is 13.2 Å². The van der Waals surface area contributed by atoms with Gasteiger partial charge in [-0.25, -0.2) is 29.5 Å². The molecule has 0 aliphatic heterocycles. The number of hydrogen-bond acceptors (Lipinski definition) is 7. The van der Waals surface area contributed by atoms with Crippen molar-refractivity contribution in [3.63, 3.8) is 0 Å². The van der Waals surface area contributed by atoms with Gasteiger partial charge in [-0.15, -0.1) is 0 Å². The average Bonchev–Trinajstić information content (AvgIpc) is 2.83. The summed E-state index contributed by atoms with van der Waals surface area (Å²) in [7, 11) is -2.34. The second kappa shape index (κ2) is 10.9. The first-order valence-corrected chi connectivity index (χ1v) is 11.8. The van der Waals surface area contributed by atoms with Crippen molar-refractivity contribution in [2.24, 2.45) is 10.9 Å². The van der Waals surface area contributed by atoms with E-state index in [0.717, 1.165) is 0 Å². The Kier molecular flexibility index (Phi) is 7.97. The number of sulfonamides is 1. The van der Waals surface area contributed by atoms with Crippen molar-refractivity contribution in [2.45, 2.75) is 4.90 Å². The van der Waals surface area contributed by atoms with Crippen LogP contribution in [0.25, 0.3) is 11.1 Å². The molecule has 11 heteroatoms. The summed E-state index contributed by atoms with van der Waals surface area (Å²) in [4.78, 5) is 13.0. The van der Waals surface area contributed by atoms with Crippen molar-refractivity contribution in [2.75, 3.05) is 25.4 Å². The number of nitrogens with two attached hydrogens (primary N) is 2. The summed E-state index contributed by atoms with van der Waals surface area (Å²) in [5.74, 6) is -0.509. The van der Waals surface area contributed by atoms with E-state index in [2.05, 4.69) is 10.9 Å². The van der Waals surface area contributed by atoms with Crippen LogP contribution in [0.3, 0.4) is 0 Å². The minimum atomic E-state index is -3.90. The summed E-state index contributed by atoms with van der Waals surface area (Å²) in [6, 6.07) is 19.7. The first-order chi connectivity index (χ1) is 16.2. The fraction of sp³-hybridized carbons (Fsp3) is 0.130. The van der Waals surface area contributed by atoms with Crippen molar-refractivity contribution >= 4 is 27.5 Å². The molecule has 3 aromatic rings. The Labute approximate surface area is 198 Å². The summed E-state index contributed by atoms with van der Waals surface area (Å²) < 4.78 is 28.9. The third kappa shape index (κ3) is 6.17. The number of carbonyl (C=O) groups is 1. The molecule has 0 atom stereocenters. The van der Waals surface area contributed by atoms with E-state index < -0.39 is 15.9 Å². The zero-order valence-corrected chi connectivity index (χ0v) is 19.3. The molecule has 0 aliphatic rings. The molecule has 10 nitrogen and oxygen atoms in total. The van der Waals surface area contributed by atoms with Crippen LogP contribution in [0.5, 0.6) is 0 Å². The number of methoxy groups -OCH3 is 1. The van der Waals surface area contributed by atoms with Gasteiger partial charge in [0.25, 0.3) is 5.91 Å². The van der Waals surface area contributed by atoms with Gasteiger partial charge in [-0.05, 0) is 35.9 Å². The lowest BCUT2D eigenvalue weighted by Gasteiger charge is -2.26. The number of rotatable bonds is 10. The number of carbonyl (C=O) groups excluding carboxylic acids is 1. The monoisotopic (exact) mass is 482 g/mol. The van der Waals surface area contributed by atoms with E-state index in [1.165, 1.54) is 11.2 Å². The molecule has 0 bridgehead atoms. The van der Waals surface area contributed by atoms with Crippen LogP contribution in [0.4, 0.5) is 5.69 Å². The highest BCUT2D eigenvalue weighted by Gasteiger charge is 2.16. The van der Waals surface area contributed by atoms with E-state index in [-0.39, 0.29) is 10.7 Å². The van der Waals surface area contributed by atoms with Crippen LogP contribution in [-0.2, 0) is 14.8 Å². The van der Waals surface area contributed by atoms with Gasteiger partial charge in [-0.2, -0.15) is 0 Å². The van der Waals surface area contributed by atoms with Gasteiger partial charge in [-0.1, -0.05) is 42.5 Å². The molecule has 0 saturated carbocycles. The number of hydrazine groups is 2. The zero-order valence-electron chi connectivity index (χ0n) is 18.5. The lowest BCUT2D eigenvalue weighted by Crippen LogP contribution is -2.52. The molecular formula is C23H26N6O4S. The second-order valence-electron chi connectivity index (χ2n) is 7.26. The molecule has 1 amide bonds. The van der Waals surface area contributed by atoms with Crippen LogP contribution in [0.2, 0.25) is 0 Å². The Morgan fingerprint density at radius 3 is 2.38 bits per heavy atom. The fourth-order valence-electron chi connectivity index (χ4n) is 3.19. The van der Waals surface area contributed by atoms with E-state index in [0.29, 0.717) is 41.1 Å². The van der Waals surface area contributed by atoms with Gasteiger partial charge in [-0.3, -0.25) is 10.2 Å². The van der Waals surface area contributed by atoms with Crippen LogP contribution < -0.4 is 26.8 Å². The molecule has 0 heterocycles. The molecule has 3 aromatic carbocycles. The van der Waals surface area contributed by atoms with Crippen molar-refractivity contribution in [1.82, 2.24) is 10.9 Å². The van der Waals surface area contributed by atoms with Crippen molar-refractivity contribution in [3.05, 3.63) is 83.9 Å². The van der Waals surface area contributed by atoms with Crippen molar-refractivity contribution in [1.29, 1.82) is 5.41 Å². The number of benzene rings is 3. The zero-order chi connectivity index (χ0) is 24.7. The smallest absolute Gasteiger partial charge is 0.270 e. The van der Waals surface area contributed by atoms with Gasteiger partial charge in [0.2, 0.25) is 10.0 Å². The summed E-state index contributed by atoms with van der Waals surface area (Å²) >= 11 is 0. The molecular weight excluding hydrogens is 456 g/mol. The number of nitrogen functional groups attached to an aromatic ring is 1. The van der Waals surface area contributed by atoms with Crippen LogP contribution >= 0.6 is 0 Å². The largest absolute Gasteiger partial charge is 0.384 e. The highest BCUT2D eigenvalue weighted by Crippen LogP contribution is 2.26. The summed E-state index contributed by atoms with van der Waals surface area (Å²) in [6.07, 6.45) is 0. The number of nitrogens with zero attached hydrogens (tertiary/aromatic N) is 1. The molecule has 0 saturated heterocycles. The molecule has 0 aliphatic carbocycles. The topological polar surface area (TPSA) is 164 Å². The predicted molar refractivity (Wildman–Crippen MR) is 131 cm³/mol. The number of ether oxygens (including phenoxy) is 1. The number of amidine groups is 1. The normalized spacial score (nSPS) is 11.1. The van der Waals surface area contributed by atoms with Gasteiger partial charge >= 0.3 is 0 Å². The van der Waals surface area contributed by atoms with E-state index in [4.69, 9.17) is 21.0 Å². The van der Waals surface area contributed by atoms with Gasteiger partial charge in [0.1, 0.15) is 5.84 Å². The first kappa shape index (κ1) is 24.9. The minimum absolute atomic E-state index is 0.00562.